The Bertz CT molecular complexity index is 968. The molecule has 27 heavy (non-hydrogen) atoms. The second kappa shape index (κ2) is 8.14. The molecular weight excluding hydrogens is 342 g/mol. The minimum absolute atomic E-state index is 0.0329. The van der Waals surface area contributed by atoms with Gasteiger partial charge in [-0.05, 0) is 29.3 Å². The number of nitrogens with one attached hydrogen (secondary N) is 1. The minimum atomic E-state index is -0.876. The number of aliphatic carboxylic acids is 1. The van der Waals surface area contributed by atoms with Crippen LogP contribution in [0.25, 0.3) is 11.1 Å². The molecule has 0 unspecified atom stereocenters. The second-order valence-corrected chi connectivity index (χ2v) is 5.90. The van der Waals surface area contributed by atoms with Gasteiger partial charge in [0.2, 0.25) is 0 Å². The lowest BCUT2D eigenvalue weighted by Gasteiger charge is -2.14. The van der Waals surface area contributed by atoms with Crippen LogP contribution in [0, 0.1) is 0 Å². The van der Waals surface area contributed by atoms with Crippen LogP contribution in [0.5, 0.6) is 5.75 Å². The van der Waals surface area contributed by atoms with E-state index in [2.05, 4.69) is 15.3 Å². The van der Waals surface area contributed by atoms with E-state index in [1.807, 2.05) is 24.3 Å². The summed E-state index contributed by atoms with van der Waals surface area (Å²) in [5.74, 6) is -0.243. The van der Waals surface area contributed by atoms with Gasteiger partial charge >= 0.3 is 5.97 Å². The SMILES string of the molecule is CN=C(Nc1ccncc1)c1cccc(-c2ccc(CC(=O)O)cc2)c1O. The quantitative estimate of drug-likeness (QED) is 0.477. The van der Waals surface area contributed by atoms with Crippen LogP contribution in [0.2, 0.25) is 0 Å². The summed E-state index contributed by atoms with van der Waals surface area (Å²) in [6, 6.07) is 16.2. The van der Waals surface area contributed by atoms with E-state index in [0.717, 1.165) is 11.3 Å². The van der Waals surface area contributed by atoms with Crippen LogP contribution in [0.3, 0.4) is 0 Å². The zero-order chi connectivity index (χ0) is 19.2. The van der Waals surface area contributed by atoms with Crippen molar-refractivity contribution in [2.75, 3.05) is 12.4 Å². The highest BCUT2D eigenvalue weighted by atomic mass is 16.4. The lowest BCUT2D eigenvalue weighted by molar-refractivity contribution is -0.136. The molecule has 6 nitrogen and oxygen atoms in total. The summed E-state index contributed by atoms with van der Waals surface area (Å²) < 4.78 is 0. The van der Waals surface area contributed by atoms with E-state index >= 15 is 0 Å². The number of phenols is 1. The van der Waals surface area contributed by atoms with E-state index in [4.69, 9.17) is 5.11 Å². The Morgan fingerprint density at radius 3 is 2.41 bits per heavy atom. The molecule has 0 saturated heterocycles. The molecular formula is C21H19N3O3. The number of hydrogen-bond acceptors (Lipinski definition) is 4. The van der Waals surface area contributed by atoms with E-state index in [1.165, 1.54) is 0 Å². The van der Waals surface area contributed by atoms with Crippen molar-refractivity contribution >= 4 is 17.5 Å². The standard InChI is InChI=1S/C21H19N3O3/c1-22-21(24-16-9-11-23-12-10-16)18-4-2-3-17(20(18)27)15-7-5-14(6-8-15)13-19(25)26/h2-12,27H,13H2,1H3,(H,25,26)(H,22,23,24). The molecule has 6 heteroatoms. The van der Waals surface area contributed by atoms with Gasteiger partial charge in [0.15, 0.2) is 0 Å². The Labute approximate surface area is 156 Å². The van der Waals surface area contributed by atoms with Gasteiger partial charge < -0.3 is 15.5 Å². The van der Waals surface area contributed by atoms with Crippen LogP contribution in [0.15, 0.2) is 72.0 Å². The first-order valence-electron chi connectivity index (χ1n) is 8.36. The fraction of sp³-hybridized carbons (Fsp3) is 0.0952. The minimum Gasteiger partial charge on any atom is -0.507 e. The fourth-order valence-electron chi connectivity index (χ4n) is 2.76. The number of aromatic nitrogens is 1. The van der Waals surface area contributed by atoms with Crippen molar-refractivity contribution in [3.8, 4) is 16.9 Å². The average molecular weight is 361 g/mol. The summed E-state index contributed by atoms with van der Waals surface area (Å²) in [7, 11) is 1.65. The van der Waals surface area contributed by atoms with Crippen molar-refractivity contribution in [1.29, 1.82) is 0 Å². The van der Waals surface area contributed by atoms with Crippen molar-refractivity contribution in [1.82, 2.24) is 4.98 Å². The van der Waals surface area contributed by atoms with Crippen molar-refractivity contribution in [2.45, 2.75) is 6.42 Å². The van der Waals surface area contributed by atoms with Gasteiger partial charge in [0.1, 0.15) is 11.6 Å². The molecule has 0 aliphatic carbocycles. The molecule has 0 saturated carbocycles. The number of pyridine rings is 1. The van der Waals surface area contributed by atoms with E-state index in [1.54, 1.807) is 49.8 Å². The number of aliphatic imine (C=N–C) groups is 1. The summed E-state index contributed by atoms with van der Waals surface area (Å²) in [5, 5.41) is 22.9. The summed E-state index contributed by atoms with van der Waals surface area (Å²) in [6.45, 7) is 0. The van der Waals surface area contributed by atoms with Gasteiger partial charge in [-0.3, -0.25) is 14.8 Å². The van der Waals surface area contributed by atoms with Crippen molar-refractivity contribution in [3.05, 3.63) is 78.1 Å². The number of anilines is 1. The van der Waals surface area contributed by atoms with Gasteiger partial charge in [-0.25, -0.2) is 0 Å². The van der Waals surface area contributed by atoms with Gasteiger partial charge in [0.05, 0.1) is 12.0 Å². The first kappa shape index (κ1) is 18.1. The Morgan fingerprint density at radius 2 is 1.78 bits per heavy atom. The Hall–Kier alpha value is -3.67. The summed E-state index contributed by atoms with van der Waals surface area (Å²) >= 11 is 0. The highest BCUT2D eigenvalue weighted by Crippen LogP contribution is 2.33. The maximum Gasteiger partial charge on any atom is 0.307 e. The molecule has 3 N–H and O–H groups in total. The van der Waals surface area contributed by atoms with E-state index in [9.17, 15) is 9.90 Å². The van der Waals surface area contributed by atoms with Crippen LogP contribution in [0.4, 0.5) is 5.69 Å². The van der Waals surface area contributed by atoms with Gasteiger partial charge in [-0.15, -0.1) is 0 Å². The number of carboxylic acids is 1. The van der Waals surface area contributed by atoms with Gasteiger partial charge in [0, 0.05) is 30.7 Å². The lowest BCUT2D eigenvalue weighted by Crippen LogP contribution is -2.14. The highest BCUT2D eigenvalue weighted by Gasteiger charge is 2.14. The molecule has 0 radical (unpaired) electrons. The molecule has 0 amide bonds. The molecule has 1 heterocycles. The summed E-state index contributed by atoms with van der Waals surface area (Å²) in [6.07, 6.45) is 3.31. The van der Waals surface area contributed by atoms with Crippen LogP contribution in [-0.4, -0.2) is 34.0 Å². The molecule has 0 fully saturated rings. The molecule has 3 rings (SSSR count). The van der Waals surface area contributed by atoms with Crippen molar-refractivity contribution < 1.29 is 15.0 Å². The number of amidine groups is 1. The Kier molecular flexibility index (Phi) is 5.47. The average Bonchev–Trinajstić information content (AvgIpc) is 2.68. The van der Waals surface area contributed by atoms with E-state index < -0.39 is 5.97 Å². The van der Waals surface area contributed by atoms with E-state index in [0.29, 0.717) is 22.5 Å². The Balaban J connectivity index is 1.92. The third-order valence-electron chi connectivity index (χ3n) is 4.08. The zero-order valence-corrected chi connectivity index (χ0v) is 14.8. The molecule has 136 valence electrons. The van der Waals surface area contributed by atoms with Gasteiger partial charge in [-0.2, -0.15) is 0 Å². The maximum atomic E-state index is 10.8. The number of benzene rings is 2. The largest absolute Gasteiger partial charge is 0.507 e. The van der Waals surface area contributed by atoms with Gasteiger partial charge in [0.25, 0.3) is 0 Å². The monoisotopic (exact) mass is 361 g/mol. The number of carbonyl (C=O) groups is 1. The van der Waals surface area contributed by atoms with Gasteiger partial charge in [-0.1, -0.05) is 36.4 Å². The summed E-state index contributed by atoms with van der Waals surface area (Å²) in [5.41, 5.74) is 3.53. The number of rotatable bonds is 5. The van der Waals surface area contributed by atoms with Crippen LogP contribution >= 0.6 is 0 Å². The summed E-state index contributed by atoms with van der Waals surface area (Å²) in [4.78, 5) is 19.1. The second-order valence-electron chi connectivity index (χ2n) is 5.90. The predicted molar refractivity (Wildman–Crippen MR) is 105 cm³/mol. The smallest absolute Gasteiger partial charge is 0.307 e. The number of para-hydroxylation sites is 1. The normalized spacial score (nSPS) is 11.2. The molecule has 0 atom stereocenters. The lowest BCUT2D eigenvalue weighted by atomic mass is 9.99. The number of aromatic hydroxyl groups is 1. The maximum absolute atomic E-state index is 10.8. The molecule has 0 aliphatic rings. The molecule has 0 spiro atoms. The number of carboxylic acid groups (broad SMARTS) is 1. The fourth-order valence-corrected chi connectivity index (χ4v) is 2.76. The first-order valence-corrected chi connectivity index (χ1v) is 8.36. The highest BCUT2D eigenvalue weighted by molar-refractivity contribution is 6.11. The van der Waals surface area contributed by atoms with Crippen LogP contribution in [-0.2, 0) is 11.2 Å². The molecule has 2 aromatic carbocycles. The van der Waals surface area contributed by atoms with Crippen molar-refractivity contribution in [3.63, 3.8) is 0 Å². The van der Waals surface area contributed by atoms with Crippen LogP contribution < -0.4 is 5.32 Å². The first-order chi connectivity index (χ1) is 13.1. The molecule has 1 aromatic heterocycles. The third-order valence-corrected chi connectivity index (χ3v) is 4.08. The number of nitrogens with zero attached hydrogens (tertiary/aromatic N) is 2. The number of hydrogen-bond donors (Lipinski definition) is 3. The zero-order valence-electron chi connectivity index (χ0n) is 14.8. The topological polar surface area (TPSA) is 94.8 Å². The van der Waals surface area contributed by atoms with Crippen LogP contribution in [0.1, 0.15) is 11.1 Å². The number of phenolic OH excluding ortho intramolecular Hbond substituents is 1. The molecule has 0 bridgehead atoms. The predicted octanol–water partition coefficient (Wildman–Crippen LogP) is 3.57. The van der Waals surface area contributed by atoms with E-state index in [-0.39, 0.29) is 12.2 Å². The third kappa shape index (κ3) is 4.30. The molecule has 3 aromatic rings. The molecule has 0 aliphatic heterocycles. The van der Waals surface area contributed by atoms with Crippen molar-refractivity contribution in [2.24, 2.45) is 4.99 Å². The Morgan fingerprint density at radius 1 is 1.07 bits per heavy atom.